The first kappa shape index (κ1) is 9.63. The predicted molar refractivity (Wildman–Crippen MR) is 43.9 cm³/mol. The molecule has 1 heterocycles. The lowest BCUT2D eigenvalue weighted by atomic mass is 9.88. The molecule has 0 saturated heterocycles. The van der Waals surface area contributed by atoms with Crippen LogP contribution in [0.1, 0.15) is 20.3 Å². The third-order valence-corrected chi connectivity index (χ3v) is 2.20. The minimum Gasteiger partial charge on any atom is -0.481 e. The van der Waals surface area contributed by atoms with E-state index in [-0.39, 0.29) is 0 Å². The van der Waals surface area contributed by atoms with Crippen LogP contribution in [0.5, 0.6) is 0 Å². The highest BCUT2D eigenvalue weighted by Crippen LogP contribution is 2.22. The van der Waals surface area contributed by atoms with Gasteiger partial charge in [-0.1, -0.05) is 6.92 Å². The second-order valence-electron chi connectivity index (χ2n) is 3.23. The molecule has 0 aliphatic carbocycles. The molecule has 1 N–H and O–H groups in total. The van der Waals surface area contributed by atoms with E-state index in [1.807, 2.05) is 6.92 Å². The van der Waals surface area contributed by atoms with E-state index in [1.54, 1.807) is 6.92 Å². The van der Waals surface area contributed by atoms with Crippen LogP contribution < -0.4 is 0 Å². The maximum Gasteiger partial charge on any atom is 0.311 e. The Kier molecular flexibility index (Phi) is 2.60. The van der Waals surface area contributed by atoms with Crippen molar-refractivity contribution in [1.29, 1.82) is 0 Å². The Morgan fingerprint density at radius 1 is 1.69 bits per heavy atom. The molecule has 0 amide bonds. The van der Waals surface area contributed by atoms with Crippen molar-refractivity contribution >= 4 is 5.97 Å². The van der Waals surface area contributed by atoms with Gasteiger partial charge in [-0.2, -0.15) is 0 Å². The summed E-state index contributed by atoms with van der Waals surface area (Å²) >= 11 is 0. The van der Waals surface area contributed by atoms with Gasteiger partial charge in [0, 0.05) is 0 Å². The number of carboxylic acid groups (broad SMARTS) is 1. The smallest absolute Gasteiger partial charge is 0.311 e. The number of aliphatic carboxylic acids is 1. The number of hydrogen-bond acceptors (Lipinski definition) is 4. The molecule has 1 aromatic rings. The molecule has 1 rings (SSSR count). The summed E-state index contributed by atoms with van der Waals surface area (Å²) in [4.78, 5) is 10.9. The van der Waals surface area contributed by atoms with Crippen molar-refractivity contribution in [3.05, 3.63) is 6.33 Å². The van der Waals surface area contributed by atoms with E-state index in [1.165, 1.54) is 11.0 Å². The Morgan fingerprint density at radius 3 is 2.77 bits per heavy atom. The zero-order valence-corrected chi connectivity index (χ0v) is 7.64. The molecule has 72 valence electrons. The molecule has 1 atom stereocenters. The average molecular weight is 184 g/mol. The number of hydrogen-bond donors (Lipinski definition) is 1. The van der Waals surface area contributed by atoms with Crippen molar-refractivity contribution in [2.24, 2.45) is 5.41 Å². The van der Waals surface area contributed by atoms with Gasteiger partial charge in [-0.25, -0.2) is 4.68 Å². The molecule has 1 aromatic heterocycles. The fourth-order valence-corrected chi connectivity index (χ4v) is 0.941. The van der Waals surface area contributed by atoms with Crippen molar-refractivity contribution in [1.82, 2.24) is 20.2 Å². The molecule has 0 aromatic carbocycles. The molecule has 1 unspecified atom stereocenters. The summed E-state index contributed by atoms with van der Waals surface area (Å²) < 4.78 is 1.43. The van der Waals surface area contributed by atoms with Gasteiger partial charge in [-0.05, 0) is 23.8 Å². The van der Waals surface area contributed by atoms with Crippen LogP contribution in [0, 0.1) is 5.41 Å². The van der Waals surface area contributed by atoms with Crippen LogP contribution in [0.3, 0.4) is 0 Å². The first-order chi connectivity index (χ1) is 6.08. The molecule has 6 heteroatoms. The van der Waals surface area contributed by atoms with Crippen molar-refractivity contribution in [3.8, 4) is 0 Å². The molecular weight excluding hydrogens is 172 g/mol. The second-order valence-corrected chi connectivity index (χ2v) is 3.23. The molecule has 0 fully saturated rings. The molecule has 0 radical (unpaired) electrons. The van der Waals surface area contributed by atoms with Crippen LogP contribution in [0.4, 0.5) is 0 Å². The summed E-state index contributed by atoms with van der Waals surface area (Å²) in [7, 11) is 0. The molecular formula is C7H12N4O2. The van der Waals surface area contributed by atoms with Crippen molar-refractivity contribution in [3.63, 3.8) is 0 Å². The number of carboxylic acids is 1. The highest BCUT2D eigenvalue weighted by Gasteiger charge is 2.31. The highest BCUT2D eigenvalue weighted by molar-refractivity contribution is 5.73. The summed E-state index contributed by atoms with van der Waals surface area (Å²) in [5, 5.41) is 19.5. The predicted octanol–water partition coefficient (Wildman–Crippen LogP) is 0.174. The molecule has 0 aliphatic heterocycles. The van der Waals surface area contributed by atoms with Crippen LogP contribution in [-0.2, 0) is 11.3 Å². The maximum atomic E-state index is 10.9. The molecule has 6 nitrogen and oxygen atoms in total. The first-order valence-corrected chi connectivity index (χ1v) is 4.02. The van der Waals surface area contributed by atoms with E-state index in [0.717, 1.165) is 0 Å². The van der Waals surface area contributed by atoms with Crippen LogP contribution in [0.15, 0.2) is 6.33 Å². The number of aromatic nitrogens is 4. The Balaban J connectivity index is 2.75. The minimum absolute atomic E-state index is 0.297. The minimum atomic E-state index is -0.828. The lowest BCUT2D eigenvalue weighted by Crippen LogP contribution is -2.32. The van der Waals surface area contributed by atoms with Gasteiger partial charge in [-0.3, -0.25) is 4.79 Å². The van der Waals surface area contributed by atoms with Crippen molar-refractivity contribution < 1.29 is 9.90 Å². The zero-order valence-electron chi connectivity index (χ0n) is 7.64. The van der Waals surface area contributed by atoms with Gasteiger partial charge in [0.25, 0.3) is 0 Å². The molecule has 0 bridgehead atoms. The molecule has 0 spiro atoms. The zero-order chi connectivity index (χ0) is 9.90. The topological polar surface area (TPSA) is 80.9 Å². The van der Waals surface area contributed by atoms with Gasteiger partial charge in [0.1, 0.15) is 6.33 Å². The molecule has 13 heavy (non-hydrogen) atoms. The third kappa shape index (κ3) is 2.01. The quantitative estimate of drug-likeness (QED) is 0.721. The van der Waals surface area contributed by atoms with E-state index >= 15 is 0 Å². The van der Waals surface area contributed by atoms with E-state index in [0.29, 0.717) is 13.0 Å². The van der Waals surface area contributed by atoms with E-state index < -0.39 is 11.4 Å². The third-order valence-electron chi connectivity index (χ3n) is 2.20. The Morgan fingerprint density at radius 2 is 2.38 bits per heavy atom. The summed E-state index contributed by atoms with van der Waals surface area (Å²) in [6, 6.07) is 0. The number of nitrogens with zero attached hydrogens (tertiary/aromatic N) is 4. The Bertz CT molecular complexity index is 285. The average Bonchev–Trinajstić information content (AvgIpc) is 2.56. The summed E-state index contributed by atoms with van der Waals surface area (Å²) in [6.45, 7) is 3.81. The number of tetrazole rings is 1. The monoisotopic (exact) mass is 184 g/mol. The van der Waals surface area contributed by atoms with Crippen molar-refractivity contribution in [2.45, 2.75) is 26.8 Å². The maximum absolute atomic E-state index is 10.9. The number of carbonyl (C=O) groups is 1. The van der Waals surface area contributed by atoms with Crippen LogP contribution in [0.2, 0.25) is 0 Å². The van der Waals surface area contributed by atoms with Crippen LogP contribution >= 0.6 is 0 Å². The SMILES string of the molecule is CCC(C)(Cn1cnnn1)C(=O)O. The first-order valence-electron chi connectivity index (χ1n) is 4.02. The normalized spacial score (nSPS) is 15.2. The van der Waals surface area contributed by atoms with Gasteiger partial charge in [0.05, 0.1) is 12.0 Å². The van der Waals surface area contributed by atoms with Crippen molar-refractivity contribution in [2.75, 3.05) is 0 Å². The van der Waals surface area contributed by atoms with E-state index in [2.05, 4.69) is 15.5 Å². The fourth-order valence-electron chi connectivity index (χ4n) is 0.941. The molecule has 0 aliphatic rings. The van der Waals surface area contributed by atoms with Crippen LogP contribution in [-0.4, -0.2) is 31.3 Å². The van der Waals surface area contributed by atoms with Gasteiger partial charge >= 0.3 is 5.97 Å². The van der Waals surface area contributed by atoms with E-state index in [9.17, 15) is 4.79 Å². The Hall–Kier alpha value is -1.46. The van der Waals surface area contributed by atoms with Gasteiger partial charge in [0.2, 0.25) is 0 Å². The Labute approximate surface area is 75.6 Å². The van der Waals surface area contributed by atoms with Gasteiger partial charge < -0.3 is 5.11 Å². The molecule has 0 saturated carbocycles. The highest BCUT2D eigenvalue weighted by atomic mass is 16.4. The van der Waals surface area contributed by atoms with Crippen LogP contribution in [0.25, 0.3) is 0 Å². The lowest BCUT2D eigenvalue weighted by Gasteiger charge is -2.21. The van der Waals surface area contributed by atoms with E-state index in [4.69, 9.17) is 5.11 Å². The summed E-state index contributed by atoms with van der Waals surface area (Å²) in [6.07, 6.45) is 1.96. The summed E-state index contributed by atoms with van der Waals surface area (Å²) in [5.74, 6) is -0.828. The number of rotatable bonds is 4. The fraction of sp³-hybridized carbons (Fsp3) is 0.714. The largest absolute Gasteiger partial charge is 0.481 e. The second kappa shape index (κ2) is 3.51. The standard InChI is InChI=1S/C7H12N4O2/c1-3-7(2,6(12)13)4-11-5-8-9-10-11/h5H,3-4H2,1-2H3,(H,12,13). The summed E-state index contributed by atoms with van der Waals surface area (Å²) in [5.41, 5.74) is -0.796. The lowest BCUT2D eigenvalue weighted by molar-refractivity contribution is -0.149. The van der Waals surface area contributed by atoms with Gasteiger partial charge in [0.15, 0.2) is 0 Å². The van der Waals surface area contributed by atoms with Gasteiger partial charge in [-0.15, -0.1) is 5.10 Å².